The number of thioether (sulfide) groups is 1. The minimum absolute atomic E-state index is 0.0998. The molecule has 0 saturated carbocycles. The highest BCUT2D eigenvalue weighted by atomic mass is 32.2. The number of hydrogen-bond acceptors (Lipinski definition) is 9. The molecule has 10 nitrogen and oxygen atoms in total. The summed E-state index contributed by atoms with van der Waals surface area (Å²) < 4.78 is 3.17. The van der Waals surface area contributed by atoms with Crippen molar-refractivity contribution in [2.24, 2.45) is 20.2 Å². The number of rotatable bonds is 5. The first-order valence-electron chi connectivity index (χ1n) is 10.3. The summed E-state index contributed by atoms with van der Waals surface area (Å²) in [5, 5.41) is 38.0. The second-order valence-electron chi connectivity index (χ2n) is 7.25. The Balaban J connectivity index is 1.35. The fourth-order valence-electron chi connectivity index (χ4n) is 3.34. The highest BCUT2D eigenvalue weighted by molar-refractivity contribution is 8.14. The normalized spacial score (nSPS) is 16.2. The van der Waals surface area contributed by atoms with Crippen LogP contribution in [-0.4, -0.2) is 41.0 Å². The molecule has 1 aliphatic carbocycles. The number of aliphatic hydroxyl groups excluding tert-OH is 2. The molecule has 0 atom stereocenters. The molecule has 12 heteroatoms. The quantitative estimate of drug-likeness (QED) is 0.356. The summed E-state index contributed by atoms with van der Waals surface area (Å²) in [6.07, 6.45) is 8.96. The van der Waals surface area contributed by atoms with E-state index in [0.29, 0.717) is 15.4 Å². The van der Waals surface area contributed by atoms with Crippen LogP contribution in [0.5, 0.6) is 5.88 Å². The van der Waals surface area contributed by atoms with Crippen molar-refractivity contribution in [3.63, 3.8) is 0 Å². The van der Waals surface area contributed by atoms with E-state index in [0.717, 1.165) is 30.1 Å². The van der Waals surface area contributed by atoms with E-state index in [9.17, 15) is 20.1 Å². The van der Waals surface area contributed by atoms with Gasteiger partial charge in [0.1, 0.15) is 23.8 Å². The third kappa shape index (κ3) is 4.72. The lowest BCUT2D eigenvalue weighted by atomic mass is 10.1. The number of benzene rings is 1. The van der Waals surface area contributed by atoms with Crippen molar-refractivity contribution in [1.29, 1.82) is 0 Å². The van der Waals surface area contributed by atoms with Crippen LogP contribution in [0.1, 0.15) is 5.69 Å². The Hall–Kier alpha value is -3.84. The van der Waals surface area contributed by atoms with Crippen LogP contribution < -0.4 is 14.9 Å². The van der Waals surface area contributed by atoms with Crippen LogP contribution >= 0.6 is 23.1 Å². The van der Waals surface area contributed by atoms with Crippen LogP contribution in [0.15, 0.2) is 90.6 Å². The van der Waals surface area contributed by atoms with Crippen LogP contribution in [0, 0.1) is 0 Å². The Labute approximate surface area is 206 Å². The zero-order chi connectivity index (χ0) is 24.4. The van der Waals surface area contributed by atoms with Crippen molar-refractivity contribution in [1.82, 2.24) is 9.13 Å². The lowest BCUT2D eigenvalue weighted by molar-refractivity contribution is 0.182. The standard InChI is InChI=1S/C23H18N6O4S2/c30-12-28-18(21(32)29(13-31)23(28)33)10-17-11-19-20(34-17)25-22(35-19)27-26-16-8-6-15(7-9-16)24-14-4-2-1-3-5-14/h1-11,30-32H,12-13H2/b17-10+,24-15?,26-16?,27-22-. The van der Waals surface area contributed by atoms with Gasteiger partial charge >= 0.3 is 5.69 Å². The van der Waals surface area contributed by atoms with Crippen LogP contribution in [0.3, 0.4) is 0 Å². The highest BCUT2D eigenvalue weighted by Gasteiger charge is 2.18. The number of aromatic nitrogens is 2. The first-order chi connectivity index (χ1) is 17.1. The molecule has 5 rings (SSSR count). The lowest BCUT2D eigenvalue weighted by Gasteiger charge is -2.01. The number of imidazole rings is 1. The maximum atomic E-state index is 12.1. The molecule has 0 spiro atoms. The van der Waals surface area contributed by atoms with E-state index in [4.69, 9.17) is 0 Å². The van der Waals surface area contributed by atoms with Gasteiger partial charge in [-0.15, -0.1) is 21.5 Å². The van der Waals surface area contributed by atoms with Crippen molar-refractivity contribution in [2.45, 2.75) is 18.4 Å². The van der Waals surface area contributed by atoms with Gasteiger partial charge in [-0.1, -0.05) is 18.2 Å². The Morgan fingerprint density at radius 2 is 1.69 bits per heavy atom. The average molecular weight is 507 g/mol. The summed E-state index contributed by atoms with van der Waals surface area (Å²) in [5.74, 6) is -0.423. The van der Waals surface area contributed by atoms with Gasteiger partial charge in [0, 0.05) is 4.53 Å². The molecule has 0 unspecified atom stereocenters. The molecule has 2 aromatic heterocycles. The van der Waals surface area contributed by atoms with Crippen molar-refractivity contribution >= 4 is 51.5 Å². The maximum absolute atomic E-state index is 12.1. The van der Waals surface area contributed by atoms with Gasteiger partial charge in [-0.3, -0.25) is 4.57 Å². The molecule has 0 radical (unpaired) electrons. The number of aliphatic imine (C=N–C) groups is 1. The van der Waals surface area contributed by atoms with E-state index in [1.54, 1.807) is 6.08 Å². The number of hydrogen-bond donors (Lipinski definition) is 3. The second-order valence-corrected chi connectivity index (χ2v) is 9.32. The molecule has 0 bridgehead atoms. The number of amidine groups is 1. The Morgan fingerprint density at radius 3 is 2.37 bits per heavy atom. The Morgan fingerprint density at radius 1 is 0.971 bits per heavy atom. The first kappa shape index (κ1) is 22.9. The van der Waals surface area contributed by atoms with Gasteiger partial charge in [0.15, 0.2) is 0 Å². The summed E-state index contributed by atoms with van der Waals surface area (Å²) in [6, 6.07) is 11.5. The Bertz CT molecular complexity index is 1610. The largest absolute Gasteiger partial charge is 0.493 e. The number of nitrogens with zero attached hydrogens (tertiary/aromatic N) is 6. The van der Waals surface area contributed by atoms with E-state index in [1.165, 1.54) is 23.1 Å². The topological polar surface area (TPSA) is 137 Å². The van der Waals surface area contributed by atoms with Crippen molar-refractivity contribution in [3.05, 3.63) is 86.1 Å². The predicted octanol–water partition coefficient (Wildman–Crippen LogP) is 1.48. The number of para-hydroxylation sites is 1. The molecule has 35 heavy (non-hydrogen) atoms. The summed E-state index contributed by atoms with van der Waals surface area (Å²) in [5.41, 5.74) is 1.76. The molecule has 1 aliphatic heterocycles. The van der Waals surface area contributed by atoms with Crippen LogP contribution in [0.25, 0.3) is 6.08 Å². The van der Waals surface area contributed by atoms with Gasteiger partial charge < -0.3 is 15.3 Å². The third-order valence-corrected chi connectivity index (χ3v) is 7.00. The maximum Gasteiger partial charge on any atom is 0.335 e. The van der Waals surface area contributed by atoms with Crippen LogP contribution in [-0.2, 0) is 13.5 Å². The number of thiophene rings is 1. The van der Waals surface area contributed by atoms with Crippen molar-refractivity contribution in [3.8, 4) is 5.88 Å². The highest BCUT2D eigenvalue weighted by Crippen LogP contribution is 2.23. The molecule has 1 aromatic carbocycles. The van der Waals surface area contributed by atoms with Gasteiger partial charge in [0.05, 0.1) is 22.0 Å². The van der Waals surface area contributed by atoms with Crippen LogP contribution in [0.2, 0.25) is 0 Å². The molecule has 0 saturated heterocycles. The summed E-state index contributed by atoms with van der Waals surface area (Å²) in [7, 11) is 0. The number of fused-ring (bicyclic) bond motifs is 1. The van der Waals surface area contributed by atoms with E-state index in [1.807, 2.05) is 60.7 Å². The van der Waals surface area contributed by atoms with Gasteiger partial charge in [-0.25, -0.2) is 19.3 Å². The molecular weight excluding hydrogens is 488 g/mol. The van der Waals surface area contributed by atoms with Gasteiger partial charge in [-0.2, -0.15) is 0 Å². The fourth-order valence-corrected chi connectivity index (χ4v) is 5.32. The number of aliphatic hydroxyl groups is 2. The van der Waals surface area contributed by atoms with Crippen molar-refractivity contribution in [2.75, 3.05) is 0 Å². The summed E-state index contributed by atoms with van der Waals surface area (Å²) in [6.45, 7) is -1.33. The molecule has 0 amide bonds. The molecule has 3 heterocycles. The summed E-state index contributed by atoms with van der Waals surface area (Å²) >= 11 is 2.69. The predicted molar refractivity (Wildman–Crippen MR) is 136 cm³/mol. The minimum Gasteiger partial charge on any atom is -0.493 e. The van der Waals surface area contributed by atoms with E-state index in [2.05, 4.69) is 20.2 Å². The van der Waals surface area contributed by atoms with E-state index in [-0.39, 0.29) is 5.69 Å². The zero-order valence-electron chi connectivity index (χ0n) is 18.0. The van der Waals surface area contributed by atoms with Crippen LogP contribution in [0.4, 0.5) is 5.69 Å². The average Bonchev–Trinajstić information content (AvgIpc) is 3.49. The Kier molecular flexibility index (Phi) is 6.42. The third-order valence-electron chi connectivity index (χ3n) is 5.01. The molecule has 3 aromatic rings. The lowest BCUT2D eigenvalue weighted by Crippen LogP contribution is -2.24. The summed E-state index contributed by atoms with van der Waals surface area (Å²) in [4.78, 5) is 22.0. The molecule has 2 aliphatic rings. The van der Waals surface area contributed by atoms with E-state index < -0.39 is 25.0 Å². The SMILES string of the molecule is O=c1n(CO)c(O)c(/C=c2\cc3c(s2)=N/C(=N/N=C2C=CC(=Nc4ccccc4)C=C2)S3)n1CO. The number of aromatic hydroxyl groups is 1. The number of allylic oxidation sites excluding steroid dienone is 4. The first-order valence-corrected chi connectivity index (χ1v) is 12.0. The second kappa shape index (κ2) is 9.80. The zero-order valence-corrected chi connectivity index (χ0v) is 19.6. The van der Waals surface area contributed by atoms with Crippen molar-refractivity contribution < 1.29 is 15.3 Å². The van der Waals surface area contributed by atoms with Gasteiger partial charge in [-0.05, 0) is 60.3 Å². The smallest absolute Gasteiger partial charge is 0.335 e. The molecular formula is C23H18N6O4S2. The monoisotopic (exact) mass is 506 g/mol. The molecule has 0 fully saturated rings. The molecule has 3 N–H and O–H groups in total. The van der Waals surface area contributed by atoms with E-state index >= 15 is 0 Å². The van der Waals surface area contributed by atoms with Gasteiger partial charge in [0.2, 0.25) is 11.0 Å². The molecule has 176 valence electrons. The fraction of sp³-hybridized carbons (Fsp3) is 0.0870. The minimum atomic E-state index is -0.709. The van der Waals surface area contributed by atoms with Gasteiger partial charge in [0.25, 0.3) is 0 Å².